The van der Waals surface area contributed by atoms with E-state index in [0.717, 1.165) is 19.6 Å². The third-order valence-corrected chi connectivity index (χ3v) is 4.53. The molecule has 2 saturated heterocycles. The number of urea groups is 1. The second kappa shape index (κ2) is 8.82. The van der Waals surface area contributed by atoms with Gasteiger partial charge in [-0.05, 0) is 5.56 Å². The average molecular weight is 346 g/mol. The van der Waals surface area contributed by atoms with Gasteiger partial charge in [-0.25, -0.2) is 4.79 Å². The molecule has 2 aliphatic rings. The molecule has 1 aromatic rings. The highest BCUT2D eigenvalue weighted by Crippen LogP contribution is 2.12. The van der Waals surface area contributed by atoms with Crippen LogP contribution in [0.2, 0.25) is 0 Å². The Morgan fingerprint density at radius 2 is 2.12 bits per heavy atom. The molecule has 136 valence electrons. The summed E-state index contributed by atoms with van der Waals surface area (Å²) >= 11 is 0. The summed E-state index contributed by atoms with van der Waals surface area (Å²) in [5, 5.41) is 5.63. The van der Waals surface area contributed by atoms with Crippen molar-refractivity contribution < 1.29 is 14.3 Å². The number of hydrogen-bond acceptors (Lipinski definition) is 4. The summed E-state index contributed by atoms with van der Waals surface area (Å²) in [7, 11) is 0. The van der Waals surface area contributed by atoms with Crippen LogP contribution in [-0.4, -0.2) is 73.7 Å². The minimum Gasteiger partial charge on any atom is -0.375 e. The minimum absolute atomic E-state index is 0.0221. The normalized spacial score (nSPS) is 21.2. The van der Waals surface area contributed by atoms with Crippen LogP contribution in [0.4, 0.5) is 4.79 Å². The van der Waals surface area contributed by atoms with E-state index in [0.29, 0.717) is 39.2 Å². The molecule has 2 aliphatic heterocycles. The summed E-state index contributed by atoms with van der Waals surface area (Å²) in [5.41, 5.74) is 1.27. The number of benzene rings is 1. The Bertz CT molecular complexity index is 581. The number of hydrogen-bond donors (Lipinski definition) is 2. The van der Waals surface area contributed by atoms with Gasteiger partial charge in [-0.3, -0.25) is 9.69 Å². The molecule has 2 heterocycles. The summed E-state index contributed by atoms with van der Waals surface area (Å²) in [6.45, 7) is 5.59. The Morgan fingerprint density at radius 3 is 2.88 bits per heavy atom. The van der Waals surface area contributed by atoms with E-state index in [1.165, 1.54) is 5.56 Å². The number of ether oxygens (including phenoxy) is 1. The monoisotopic (exact) mass is 346 g/mol. The molecule has 0 saturated carbocycles. The number of morpholine rings is 1. The molecule has 0 spiro atoms. The molecular formula is C18H26N4O3. The summed E-state index contributed by atoms with van der Waals surface area (Å²) in [5.74, 6) is -0.0221. The van der Waals surface area contributed by atoms with Crippen molar-refractivity contribution in [1.82, 2.24) is 20.4 Å². The van der Waals surface area contributed by atoms with Crippen LogP contribution in [0.3, 0.4) is 0 Å². The number of nitrogens with zero attached hydrogens (tertiary/aromatic N) is 2. The highest BCUT2D eigenvalue weighted by molar-refractivity contribution is 5.77. The van der Waals surface area contributed by atoms with Gasteiger partial charge in [0.1, 0.15) is 0 Å². The van der Waals surface area contributed by atoms with E-state index in [2.05, 4.69) is 27.7 Å². The van der Waals surface area contributed by atoms with Crippen LogP contribution >= 0.6 is 0 Å². The van der Waals surface area contributed by atoms with Crippen molar-refractivity contribution >= 4 is 11.9 Å². The number of carbonyl (C=O) groups excluding carboxylic acids is 2. The fourth-order valence-corrected chi connectivity index (χ4v) is 3.22. The Balaban J connectivity index is 1.36. The third-order valence-electron chi connectivity index (χ3n) is 4.53. The van der Waals surface area contributed by atoms with Gasteiger partial charge in [-0.1, -0.05) is 30.3 Å². The third kappa shape index (κ3) is 5.44. The maximum absolute atomic E-state index is 12.1. The fourth-order valence-electron chi connectivity index (χ4n) is 3.22. The molecule has 7 heteroatoms. The lowest BCUT2D eigenvalue weighted by molar-refractivity contribution is -0.126. The zero-order valence-corrected chi connectivity index (χ0v) is 14.4. The average Bonchev–Trinajstić information content (AvgIpc) is 3.01. The highest BCUT2D eigenvalue weighted by Gasteiger charge is 2.23. The largest absolute Gasteiger partial charge is 0.375 e. The van der Waals surface area contributed by atoms with Gasteiger partial charge in [0.15, 0.2) is 0 Å². The summed E-state index contributed by atoms with van der Waals surface area (Å²) < 4.78 is 5.74. The van der Waals surface area contributed by atoms with Gasteiger partial charge in [0.2, 0.25) is 5.91 Å². The zero-order valence-electron chi connectivity index (χ0n) is 14.4. The van der Waals surface area contributed by atoms with E-state index in [1.54, 1.807) is 4.90 Å². The molecular weight excluding hydrogens is 320 g/mol. The van der Waals surface area contributed by atoms with Crippen molar-refractivity contribution in [1.29, 1.82) is 0 Å². The topological polar surface area (TPSA) is 73.9 Å². The van der Waals surface area contributed by atoms with Gasteiger partial charge in [0.05, 0.1) is 19.1 Å². The van der Waals surface area contributed by atoms with E-state index < -0.39 is 0 Å². The van der Waals surface area contributed by atoms with Gasteiger partial charge in [-0.2, -0.15) is 0 Å². The maximum atomic E-state index is 12.1. The molecule has 2 fully saturated rings. The van der Waals surface area contributed by atoms with Crippen LogP contribution in [-0.2, 0) is 16.1 Å². The van der Waals surface area contributed by atoms with Crippen LogP contribution in [0.1, 0.15) is 12.0 Å². The molecule has 0 radical (unpaired) electrons. The van der Waals surface area contributed by atoms with Gasteiger partial charge in [-0.15, -0.1) is 0 Å². The van der Waals surface area contributed by atoms with E-state index in [1.807, 2.05) is 18.2 Å². The lowest BCUT2D eigenvalue weighted by atomic mass is 10.1. The maximum Gasteiger partial charge on any atom is 0.317 e. The Labute approximate surface area is 148 Å². The number of rotatable bonds is 7. The van der Waals surface area contributed by atoms with Crippen molar-refractivity contribution in [3.8, 4) is 0 Å². The van der Waals surface area contributed by atoms with Crippen molar-refractivity contribution in [2.75, 3.05) is 45.9 Å². The lowest BCUT2D eigenvalue weighted by Gasteiger charge is -2.32. The lowest BCUT2D eigenvalue weighted by Crippen LogP contribution is -2.44. The first-order valence-corrected chi connectivity index (χ1v) is 8.88. The molecule has 2 N–H and O–H groups in total. The quantitative estimate of drug-likeness (QED) is 0.750. The van der Waals surface area contributed by atoms with Crippen LogP contribution in [0.15, 0.2) is 30.3 Å². The zero-order chi connectivity index (χ0) is 17.5. The van der Waals surface area contributed by atoms with E-state index in [-0.39, 0.29) is 18.0 Å². The molecule has 0 aliphatic carbocycles. The Morgan fingerprint density at radius 1 is 1.28 bits per heavy atom. The molecule has 3 amide bonds. The van der Waals surface area contributed by atoms with Crippen LogP contribution < -0.4 is 10.6 Å². The molecule has 7 nitrogen and oxygen atoms in total. The van der Waals surface area contributed by atoms with Crippen LogP contribution in [0.25, 0.3) is 0 Å². The molecule has 1 atom stereocenters. The first-order chi connectivity index (χ1) is 12.2. The van der Waals surface area contributed by atoms with Crippen LogP contribution in [0, 0.1) is 0 Å². The first-order valence-electron chi connectivity index (χ1n) is 8.88. The summed E-state index contributed by atoms with van der Waals surface area (Å²) in [6, 6.07) is 10.3. The number of carbonyl (C=O) groups is 2. The highest BCUT2D eigenvalue weighted by atomic mass is 16.5. The van der Waals surface area contributed by atoms with E-state index in [9.17, 15) is 9.59 Å². The van der Waals surface area contributed by atoms with Gasteiger partial charge in [0, 0.05) is 45.8 Å². The SMILES string of the molecule is O=C(C[C@H]1CN(Cc2ccccc2)CCO1)NCCN1CCNC1=O. The van der Waals surface area contributed by atoms with E-state index >= 15 is 0 Å². The second-order valence-corrected chi connectivity index (χ2v) is 6.49. The van der Waals surface area contributed by atoms with Crippen LogP contribution in [0.5, 0.6) is 0 Å². The predicted molar refractivity (Wildman–Crippen MR) is 94.1 cm³/mol. The Hall–Kier alpha value is -2.12. The van der Waals surface area contributed by atoms with Crippen molar-refractivity contribution in [3.05, 3.63) is 35.9 Å². The van der Waals surface area contributed by atoms with Gasteiger partial charge in [0.25, 0.3) is 0 Å². The minimum atomic E-state index is -0.0763. The molecule has 0 bridgehead atoms. The number of amides is 3. The molecule has 0 aromatic heterocycles. The predicted octanol–water partition coefficient (Wildman–Crippen LogP) is 0.419. The van der Waals surface area contributed by atoms with Crippen molar-refractivity contribution in [2.45, 2.75) is 19.1 Å². The van der Waals surface area contributed by atoms with Crippen molar-refractivity contribution in [3.63, 3.8) is 0 Å². The number of nitrogens with one attached hydrogen (secondary N) is 2. The molecule has 3 rings (SSSR count). The van der Waals surface area contributed by atoms with Crippen molar-refractivity contribution in [2.24, 2.45) is 0 Å². The van der Waals surface area contributed by atoms with Gasteiger partial charge < -0.3 is 20.3 Å². The molecule has 1 aromatic carbocycles. The Kier molecular flexibility index (Phi) is 6.25. The first kappa shape index (κ1) is 17.7. The summed E-state index contributed by atoms with van der Waals surface area (Å²) in [6.07, 6.45) is 0.282. The standard InChI is InChI=1S/C18H26N4O3/c23-17(19-6-8-22-9-7-20-18(22)24)12-16-14-21(10-11-25-16)13-15-4-2-1-3-5-15/h1-5,16H,6-14H2,(H,19,23)(H,20,24)/t16-/m0/s1. The second-order valence-electron chi connectivity index (χ2n) is 6.49. The molecule has 25 heavy (non-hydrogen) atoms. The smallest absolute Gasteiger partial charge is 0.317 e. The fraction of sp³-hybridized carbons (Fsp3) is 0.556. The summed E-state index contributed by atoms with van der Waals surface area (Å²) in [4.78, 5) is 27.6. The van der Waals surface area contributed by atoms with Gasteiger partial charge >= 0.3 is 6.03 Å². The van der Waals surface area contributed by atoms with E-state index in [4.69, 9.17) is 4.74 Å². The molecule has 0 unspecified atom stereocenters.